The highest BCUT2D eigenvalue weighted by Crippen LogP contribution is 2.24. The summed E-state index contributed by atoms with van der Waals surface area (Å²) in [7, 11) is 0. The van der Waals surface area contributed by atoms with Gasteiger partial charge in [-0.1, -0.05) is 94.2 Å². The van der Waals surface area contributed by atoms with Gasteiger partial charge in [0.2, 0.25) is 0 Å². The number of carboxylic acids is 1. The number of unbranched alkanes of at least 4 members (excludes halogenated alkanes) is 9. The molecule has 5 nitrogen and oxygen atoms in total. The molecule has 0 radical (unpaired) electrons. The van der Waals surface area contributed by atoms with Crippen molar-refractivity contribution in [2.75, 3.05) is 0 Å². The summed E-state index contributed by atoms with van der Waals surface area (Å²) in [5, 5.41) is 36.2. The summed E-state index contributed by atoms with van der Waals surface area (Å²) in [6.07, 6.45) is 25.5. The van der Waals surface area contributed by atoms with Crippen LogP contribution in [0.5, 0.6) is 17.2 Å². The zero-order chi connectivity index (χ0) is 26.7. The van der Waals surface area contributed by atoms with Gasteiger partial charge in [-0.3, -0.25) is 4.79 Å². The van der Waals surface area contributed by atoms with Crippen LogP contribution < -0.4 is 0 Å². The van der Waals surface area contributed by atoms with Crippen LogP contribution in [-0.2, 0) is 4.79 Å². The Labute approximate surface area is 222 Å². The maximum Gasteiger partial charge on any atom is 0.303 e. The molecule has 4 N–H and O–H groups in total. The second-order valence-corrected chi connectivity index (χ2v) is 9.94. The molecule has 0 saturated carbocycles. The molecule has 2 aromatic carbocycles. The highest BCUT2D eigenvalue weighted by molar-refractivity contribution is 5.71. The van der Waals surface area contributed by atoms with Gasteiger partial charge in [-0.05, 0) is 67.0 Å². The van der Waals surface area contributed by atoms with Gasteiger partial charge in [0, 0.05) is 12.5 Å². The largest absolute Gasteiger partial charge is 0.508 e. The summed E-state index contributed by atoms with van der Waals surface area (Å²) in [6, 6.07) is 11.1. The van der Waals surface area contributed by atoms with Crippen LogP contribution >= 0.6 is 0 Å². The van der Waals surface area contributed by atoms with Crippen LogP contribution in [0.3, 0.4) is 0 Å². The number of rotatable bonds is 15. The molecule has 37 heavy (non-hydrogen) atoms. The van der Waals surface area contributed by atoms with Gasteiger partial charge in [0.25, 0.3) is 0 Å². The number of carbonyl (C=O) groups is 1. The summed E-state index contributed by atoms with van der Waals surface area (Å²) in [4.78, 5) is 10.3. The fourth-order valence-electron chi connectivity index (χ4n) is 4.52. The van der Waals surface area contributed by atoms with Gasteiger partial charge >= 0.3 is 5.97 Å². The zero-order valence-electron chi connectivity index (χ0n) is 22.0. The number of hydrogen-bond acceptors (Lipinski definition) is 4. The molecule has 1 unspecified atom stereocenters. The minimum absolute atomic E-state index is 0.0235. The molecule has 2 aromatic rings. The van der Waals surface area contributed by atoms with Crippen molar-refractivity contribution < 1.29 is 25.2 Å². The smallest absolute Gasteiger partial charge is 0.303 e. The zero-order valence-corrected chi connectivity index (χ0v) is 22.0. The maximum absolute atomic E-state index is 10.3. The van der Waals surface area contributed by atoms with Gasteiger partial charge in [-0.25, -0.2) is 0 Å². The molecule has 0 aliphatic heterocycles. The molecule has 0 amide bonds. The van der Waals surface area contributed by atoms with E-state index < -0.39 is 5.97 Å². The molecule has 1 aliphatic carbocycles. The standard InChI is InChI=1S/C18H32O2.C14H12O3/c19-18(20)16-10-8-6-4-2-1-3-5-7-9-13-17-14-11-12-15-17;15-12-5-3-10(4-6-12)1-2-11-7-13(16)9-14(17)8-11/h11,14,17H,1-10,12-13,15-16H2,(H,19,20);1-9,15-17H. The Kier molecular flexibility index (Phi) is 14.7. The van der Waals surface area contributed by atoms with Crippen LogP contribution in [0.1, 0.15) is 101 Å². The van der Waals surface area contributed by atoms with E-state index in [2.05, 4.69) is 12.2 Å². The van der Waals surface area contributed by atoms with E-state index in [1.165, 1.54) is 76.7 Å². The van der Waals surface area contributed by atoms with Crippen molar-refractivity contribution in [3.05, 3.63) is 65.7 Å². The van der Waals surface area contributed by atoms with Gasteiger partial charge in [-0.2, -0.15) is 0 Å². The monoisotopic (exact) mass is 508 g/mol. The fourth-order valence-corrected chi connectivity index (χ4v) is 4.52. The topological polar surface area (TPSA) is 98.0 Å². The van der Waals surface area contributed by atoms with Crippen LogP contribution in [0, 0.1) is 5.92 Å². The molecule has 0 heterocycles. The average Bonchev–Trinajstić information content (AvgIpc) is 3.38. The number of phenolic OH excluding ortho intramolecular Hbond substituents is 3. The van der Waals surface area contributed by atoms with Crippen molar-refractivity contribution in [1.29, 1.82) is 0 Å². The predicted molar refractivity (Wildman–Crippen MR) is 152 cm³/mol. The molecular weight excluding hydrogens is 464 g/mol. The Hall–Kier alpha value is -3.21. The number of allylic oxidation sites excluding steroid dienone is 2. The van der Waals surface area contributed by atoms with E-state index >= 15 is 0 Å². The number of hydrogen-bond donors (Lipinski definition) is 4. The van der Waals surface area contributed by atoms with E-state index in [0.717, 1.165) is 24.3 Å². The lowest BCUT2D eigenvalue weighted by Gasteiger charge is -2.06. The second kappa shape index (κ2) is 18.1. The highest BCUT2D eigenvalue weighted by atomic mass is 16.4. The van der Waals surface area contributed by atoms with E-state index in [1.54, 1.807) is 42.5 Å². The molecular formula is C32H44O5. The van der Waals surface area contributed by atoms with Crippen molar-refractivity contribution in [3.63, 3.8) is 0 Å². The molecule has 0 saturated heterocycles. The minimum atomic E-state index is -0.655. The van der Waals surface area contributed by atoms with Crippen LogP contribution in [0.25, 0.3) is 12.2 Å². The first-order chi connectivity index (χ1) is 17.9. The first kappa shape index (κ1) is 30.0. The summed E-state index contributed by atoms with van der Waals surface area (Å²) in [5.41, 5.74) is 1.63. The maximum atomic E-state index is 10.3. The van der Waals surface area contributed by atoms with E-state index in [9.17, 15) is 15.0 Å². The summed E-state index contributed by atoms with van der Waals surface area (Å²) in [6.45, 7) is 0. The van der Waals surface area contributed by atoms with E-state index in [0.29, 0.717) is 12.0 Å². The molecule has 0 aromatic heterocycles. The number of aromatic hydroxyl groups is 3. The highest BCUT2D eigenvalue weighted by Gasteiger charge is 2.07. The third-order valence-electron chi connectivity index (χ3n) is 6.61. The third-order valence-corrected chi connectivity index (χ3v) is 6.61. The fraction of sp³-hybridized carbons (Fsp3) is 0.469. The molecule has 1 aliphatic rings. The van der Waals surface area contributed by atoms with Gasteiger partial charge in [0.1, 0.15) is 17.2 Å². The predicted octanol–water partition coefficient (Wildman–Crippen LogP) is 8.69. The molecule has 5 heteroatoms. The normalized spacial score (nSPS) is 14.5. The lowest BCUT2D eigenvalue weighted by Crippen LogP contribution is -1.93. The number of carboxylic acid groups (broad SMARTS) is 1. The minimum Gasteiger partial charge on any atom is -0.508 e. The number of aliphatic carboxylic acids is 1. The molecule has 1 atom stereocenters. The van der Waals surface area contributed by atoms with Crippen LogP contribution in [0.15, 0.2) is 54.6 Å². The average molecular weight is 509 g/mol. The van der Waals surface area contributed by atoms with Crippen molar-refractivity contribution in [2.24, 2.45) is 5.92 Å². The Morgan fingerprint density at radius 2 is 1.24 bits per heavy atom. The SMILES string of the molecule is O=C(O)CCCCCCCCCCCCC1C=CCC1.Oc1ccc(C=Cc2cc(O)cc(O)c2)cc1. The Morgan fingerprint density at radius 3 is 1.78 bits per heavy atom. The van der Waals surface area contributed by atoms with Gasteiger partial charge < -0.3 is 20.4 Å². The van der Waals surface area contributed by atoms with Crippen molar-refractivity contribution in [1.82, 2.24) is 0 Å². The van der Waals surface area contributed by atoms with Gasteiger partial charge in [-0.15, -0.1) is 0 Å². The van der Waals surface area contributed by atoms with Gasteiger partial charge in [0.05, 0.1) is 0 Å². The number of benzene rings is 2. The Balaban J connectivity index is 0.000000263. The van der Waals surface area contributed by atoms with Crippen molar-refractivity contribution >= 4 is 18.1 Å². The first-order valence-electron chi connectivity index (χ1n) is 13.8. The summed E-state index contributed by atoms with van der Waals surface area (Å²) < 4.78 is 0. The van der Waals surface area contributed by atoms with Crippen molar-refractivity contribution in [2.45, 2.75) is 89.9 Å². The van der Waals surface area contributed by atoms with Crippen LogP contribution in [0.4, 0.5) is 0 Å². The molecule has 0 fully saturated rings. The van der Waals surface area contributed by atoms with Crippen molar-refractivity contribution in [3.8, 4) is 17.2 Å². The molecule has 0 bridgehead atoms. The van der Waals surface area contributed by atoms with E-state index in [4.69, 9.17) is 10.2 Å². The van der Waals surface area contributed by atoms with E-state index in [-0.39, 0.29) is 17.2 Å². The Morgan fingerprint density at radius 1 is 0.703 bits per heavy atom. The lowest BCUT2D eigenvalue weighted by atomic mass is 9.99. The number of phenols is 3. The summed E-state index contributed by atoms with van der Waals surface area (Å²) >= 11 is 0. The quantitative estimate of drug-likeness (QED) is 0.110. The summed E-state index contributed by atoms with van der Waals surface area (Å²) in [5.74, 6) is 0.502. The lowest BCUT2D eigenvalue weighted by molar-refractivity contribution is -0.137. The molecule has 3 rings (SSSR count). The third kappa shape index (κ3) is 14.8. The van der Waals surface area contributed by atoms with Gasteiger partial charge in [0.15, 0.2) is 0 Å². The molecule has 0 spiro atoms. The van der Waals surface area contributed by atoms with E-state index in [1.807, 2.05) is 6.08 Å². The second-order valence-electron chi connectivity index (χ2n) is 9.94. The van der Waals surface area contributed by atoms with Crippen LogP contribution in [-0.4, -0.2) is 26.4 Å². The first-order valence-corrected chi connectivity index (χ1v) is 13.8. The Bertz CT molecular complexity index is 941. The molecule has 202 valence electrons. The van der Waals surface area contributed by atoms with Crippen LogP contribution in [0.2, 0.25) is 0 Å².